The van der Waals surface area contributed by atoms with E-state index in [9.17, 15) is 18.8 Å². The Balaban J connectivity index is 1.76. The lowest BCUT2D eigenvalue weighted by Gasteiger charge is -2.27. The maximum atomic E-state index is 13.1. The van der Waals surface area contributed by atoms with Gasteiger partial charge in [-0.3, -0.25) is 19.8 Å². The monoisotopic (exact) mass is 379 g/mol. The van der Waals surface area contributed by atoms with Gasteiger partial charge in [-0.05, 0) is 42.0 Å². The molecule has 1 fully saturated rings. The number of hydrogen-bond acceptors (Lipinski definition) is 3. The highest BCUT2D eigenvalue weighted by Crippen LogP contribution is 2.19. The van der Waals surface area contributed by atoms with E-state index in [0.29, 0.717) is 11.3 Å². The van der Waals surface area contributed by atoms with Crippen molar-refractivity contribution in [3.63, 3.8) is 0 Å². The number of hydrogen-bond donors (Lipinski definition) is 1. The van der Waals surface area contributed by atoms with Gasteiger partial charge in [0.1, 0.15) is 5.82 Å². The number of carbonyl (C=O) groups excluding carboxylic acids is 3. The van der Waals surface area contributed by atoms with Crippen LogP contribution in [0.1, 0.15) is 28.8 Å². The zero-order valence-electron chi connectivity index (χ0n) is 15.0. The van der Waals surface area contributed by atoms with E-state index in [4.69, 9.17) is 6.42 Å². The van der Waals surface area contributed by atoms with Crippen LogP contribution in [0.5, 0.6) is 0 Å². The molecule has 1 saturated heterocycles. The summed E-state index contributed by atoms with van der Waals surface area (Å²) in [6, 6.07) is 12.2. The number of nitrogens with zero attached hydrogens (tertiary/aromatic N) is 2. The zero-order valence-corrected chi connectivity index (χ0v) is 15.0. The molecule has 2 aromatic rings. The van der Waals surface area contributed by atoms with Gasteiger partial charge in [-0.15, -0.1) is 6.42 Å². The minimum Gasteiger partial charge on any atom is -0.323 e. The zero-order chi connectivity index (χ0) is 20.1. The lowest BCUT2D eigenvalue weighted by Crippen LogP contribution is -2.50. The van der Waals surface area contributed by atoms with Crippen molar-refractivity contribution < 1.29 is 18.8 Å². The third-order valence-corrected chi connectivity index (χ3v) is 4.28. The minimum atomic E-state index is -0.353. The molecule has 0 bridgehead atoms. The SMILES string of the molecule is C#CCN(Cc1ccc(F)cc1)C(=O)c1ccc(N2NC(=O)CCC2=O)cc1. The summed E-state index contributed by atoms with van der Waals surface area (Å²) < 4.78 is 13.1. The summed E-state index contributed by atoms with van der Waals surface area (Å²) in [5, 5.41) is 1.18. The molecule has 0 atom stereocenters. The summed E-state index contributed by atoms with van der Waals surface area (Å²) in [6.45, 7) is 0.338. The molecule has 0 spiro atoms. The molecule has 0 unspecified atom stereocenters. The largest absolute Gasteiger partial charge is 0.323 e. The van der Waals surface area contributed by atoms with Crippen molar-refractivity contribution in [1.82, 2.24) is 10.3 Å². The number of anilines is 1. The lowest BCUT2D eigenvalue weighted by molar-refractivity contribution is -0.130. The van der Waals surface area contributed by atoms with Crippen LogP contribution in [-0.4, -0.2) is 29.2 Å². The van der Waals surface area contributed by atoms with Gasteiger partial charge in [0.2, 0.25) is 11.8 Å². The van der Waals surface area contributed by atoms with E-state index in [-0.39, 0.29) is 49.5 Å². The first-order valence-corrected chi connectivity index (χ1v) is 8.67. The van der Waals surface area contributed by atoms with Gasteiger partial charge < -0.3 is 4.90 Å². The quantitative estimate of drug-likeness (QED) is 0.811. The fourth-order valence-corrected chi connectivity index (χ4v) is 2.84. The molecular formula is C21H18FN3O3. The molecule has 142 valence electrons. The highest BCUT2D eigenvalue weighted by molar-refractivity contribution is 6.01. The number of nitrogens with one attached hydrogen (secondary N) is 1. The Kier molecular flexibility index (Phi) is 5.70. The Labute approximate surface area is 161 Å². The summed E-state index contributed by atoms with van der Waals surface area (Å²) in [4.78, 5) is 37.8. The average Bonchev–Trinajstić information content (AvgIpc) is 2.71. The number of terminal acetylenes is 1. The van der Waals surface area contributed by atoms with E-state index < -0.39 is 0 Å². The van der Waals surface area contributed by atoms with Gasteiger partial charge in [0, 0.05) is 24.9 Å². The van der Waals surface area contributed by atoms with Crippen molar-refractivity contribution in [1.29, 1.82) is 0 Å². The first-order chi connectivity index (χ1) is 13.5. The third kappa shape index (κ3) is 4.35. The number of benzene rings is 2. The highest BCUT2D eigenvalue weighted by atomic mass is 19.1. The maximum absolute atomic E-state index is 13.1. The molecule has 0 radical (unpaired) electrons. The van der Waals surface area contributed by atoms with Crippen LogP contribution in [0.4, 0.5) is 10.1 Å². The summed E-state index contributed by atoms with van der Waals surface area (Å²) >= 11 is 0. The van der Waals surface area contributed by atoms with Crippen molar-refractivity contribution >= 4 is 23.4 Å². The normalized spacial score (nSPS) is 13.6. The second-order valence-electron chi connectivity index (χ2n) is 6.30. The second-order valence-corrected chi connectivity index (χ2v) is 6.30. The molecule has 1 aliphatic rings. The fraction of sp³-hybridized carbons (Fsp3) is 0.190. The van der Waals surface area contributed by atoms with Gasteiger partial charge in [0.05, 0.1) is 12.2 Å². The predicted molar refractivity (Wildman–Crippen MR) is 101 cm³/mol. The summed E-state index contributed by atoms with van der Waals surface area (Å²) in [7, 11) is 0. The van der Waals surface area contributed by atoms with Crippen LogP contribution in [0.25, 0.3) is 0 Å². The van der Waals surface area contributed by atoms with Gasteiger partial charge >= 0.3 is 0 Å². The van der Waals surface area contributed by atoms with E-state index in [1.54, 1.807) is 36.4 Å². The van der Waals surface area contributed by atoms with Gasteiger partial charge in [-0.2, -0.15) is 0 Å². The molecule has 3 amide bonds. The summed E-state index contributed by atoms with van der Waals surface area (Å²) in [5.74, 6) is 1.36. The molecule has 6 nitrogen and oxygen atoms in total. The fourth-order valence-electron chi connectivity index (χ4n) is 2.84. The van der Waals surface area contributed by atoms with E-state index >= 15 is 0 Å². The Morgan fingerprint density at radius 3 is 2.43 bits per heavy atom. The van der Waals surface area contributed by atoms with Gasteiger partial charge in [0.25, 0.3) is 5.91 Å². The van der Waals surface area contributed by atoms with Crippen LogP contribution in [0.2, 0.25) is 0 Å². The van der Waals surface area contributed by atoms with E-state index in [1.165, 1.54) is 22.0 Å². The molecule has 0 saturated carbocycles. The number of hydrazine groups is 1. The van der Waals surface area contributed by atoms with Crippen LogP contribution < -0.4 is 10.4 Å². The van der Waals surface area contributed by atoms with Crippen LogP contribution in [-0.2, 0) is 16.1 Å². The molecular weight excluding hydrogens is 361 g/mol. The molecule has 1 aliphatic heterocycles. The first kappa shape index (κ1) is 19.1. The van der Waals surface area contributed by atoms with Crippen LogP contribution >= 0.6 is 0 Å². The minimum absolute atomic E-state index is 0.0959. The average molecular weight is 379 g/mol. The van der Waals surface area contributed by atoms with Crippen molar-refractivity contribution in [2.45, 2.75) is 19.4 Å². The Morgan fingerprint density at radius 2 is 1.79 bits per heavy atom. The Morgan fingerprint density at radius 1 is 1.11 bits per heavy atom. The Hall–Kier alpha value is -3.66. The standard InChI is InChI=1S/C21H18FN3O3/c1-2-13-24(14-15-3-7-17(22)8-4-15)21(28)16-5-9-18(10-6-16)25-20(27)12-11-19(26)23-25/h1,3-10H,11-14H2,(H,23,26). The molecule has 1 heterocycles. The highest BCUT2D eigenvalue weighted by Gasteiger charge is 2.24. The third-order valence-electron chi connectivity index (χ3n) is 4.28. The lowest BCUT2D eigenvalue weighted by atomic mass is 10.1. The van der Waals surface area contributed by atoms with Crippen molar-refractivity contribution in [2.75, 3.05) is 11.6 Å². The van der Waals surface area contributed by atoms with Gasteiger partial charge in [-0.1, -0.05) is 18.1 Å². The number of amides is 3. The van der Waals surface area contributed by atoms with E-state index in [2.05, 4.69) is 11.3 Å². The number of carbonyl (C=O) groups is 3. The molecule has 3 rings (SSSR count). The summed E-state index contributed by atoms with van der Waals surface area (Å²) in [6.07, 6.45) is 5.69. The van der Waals surface area contributed by atoms with Gasteiger partial charge in [-0.25, -0.2) is 9.40 Å². The number of halogens is 1. The van der Waals surface area contributed by atoms with Crippen molar-refractivity contribution in [3.8, 4) is 12.3 Å². The van der Waals surface area contributed by atoms with E-state index in [1.807, 2.05) is 0 Å². The number of rotatable bonds is 5. The van der Waals surface area contributed by atoms with Crippen LogP contribution in [0, 0.1) is 18.2 Å². The van der Waals surface area contributed by atoms with Crippen molar-refractivity contribution in [2.24, 2.45) is 0 Å². The molecule has 0 aliphatic carbocycles. The summed E-state index contributed by atoms with van der Waals surface area (Å²) in [5.41, 5.74) is 4.11. The molecule has 0 aromatic heterocycles. The van der Waals surface area contributed by atoms with E-state index in [0.717, 1.165) is 5.56 Å². The predicted octanol–water partition coefficient (Wildman–Crippen LogP) is 2.26. The molecule has 1 N–H and O–H groups in total. The first-order valence-electron chi connectivity index (χ1n) is 8.67. The molecule has 7 heteroatoms. The van der Waals surface area contributed by atoms with Crippen molar-refractivity contribution in [3.05, 3.63) is 65.5 Å². The Bertz CT molecular complexity index is 933. The van der Waals surface area contributed by atoms with Gasteiger partial charge in [0.15, 0.2) is 0 Å². The second kappa shape index (κ2) is 8.35. The van der Waals surface area contributed by atoms with Crippen LogP contribution in [0.15, 0.2) is 48.5 Å². The molecule has 28 heavy (non-hydrogen) atoms. The maximum Gasteiger partial charge on any atom is 0.254 e. The topological polar surface area (TPSA) is 69.7 Å². The molecule has 2 aromatic carbocycles. The smallest absolute Gasteiger partial charge is 0.254 e. The van der Waals surface area contributed by atoms with Crippen LogP contribution in [0.3, 0.4) is 0 Å².